The van der Waals surface area contributed by atoms with Crippen molar-refractivity contribution in [3.05, 3.63) is 59.9 Å². The molecule has 1 heterocycles. The van der Waals surface area contributed by atoms with Crippen LogP contribution >= 0.6 is 0 Å². The van der Waals surface area contributed by atoms with Crippen molar-refractivity contribution < 1.29 is 14.4 Å². The minimum atomic E-state index is -0.545. The molecule has 2 rings (SSSR count). The van der Waals surface area contributed by atoms with Crippen LogP contribution in [0.1, 0.15) is 16.1 Å². The summed E-state index contributed by atoms with van der Waals surface area (Å²) in [5.74, 6) is -0.993. The summed E-state index contributed by atoms with van der Waals surface area (Å²) >= 11 is 0. The Kier molecular flexibility index (Phi) is 3.38. The topological polar surface area (TPSA) is 75.4 Å². The van der Waals surface area contributed by atoms with Crippen molar-refractivity contribution in [3.63, 3.8) is 0 Å². The summed E-state index contributed by atoms with van der Waals surface area (Å²) in [6, 6.07) is 6.37. The van der Waals surface area contributed by atoms with Crippen LogP contribution in [0.25, 0.3) is 0 Å². The van der Waals surface area contributed by atoms with E-state index in [1.807, 2.05) is 0 Å². The molecule has 0 saturated carbocycles. The van der Waals surface area contributed by atoms with Crippen LogP contribution in [0.5, 0.6) is 0 Å². The predicted molar refractivity (Wildman–Crippen MR) is 61.1 cm³/mol. The maximum absolute atomic E-state index is 12.7. The fourth-order valence-corrected chi connectivity index (χ4v) is 1.38. The molecule has 1 N–H and O–H groups in total. The molecule has 5 nitrogen and oxygen atoms in total. The van der Waals surface area contributed by atoms with E-state index in [4.69, 9.17) is 5.21 Å². The Morgan fingerprint density at radius 3 is 2.50 bits per heavy atom. The van der Waals surface area contributed by atoms with Crippen LogP contribution in [0.2, 0.25) is 0 Å². The van der Waals surface area contributed by atoms with Crippen LogP contribution in [0.3, 0.4) is 0 Å². The van der Waals surface area contributed by atoms with Crippen molar-refractivity contribution in [3.8, 4) is 0 Å². The van der Waals surface area contributed by atoms with E-state index < -0.39 is 11.6 Å². The average Bonchev–Trinajstić information content (AvgIpc) is 2.41. The van der Waals surface area contributed by atoms with E-state index in [0.29, 0.717) is 0 Å². The van der Waals surface area contributed by atoms with Crippen LogP contribution in [0.15, 0.2) is 48.0 Å². The zero-order valence-electron chi connectivity index (χ0n) is 9.12. The van der Waals surface area contributed by atoms with Crippen LogP contribution in [0, 0.1) is 5.82 Å². The first-order valence-corrected chi connectivity index (χ1v) is 5.01. The Hall–Kier alpha value is -2.63. The van der Waals surface area contributed by atoms with Gasteiger partial charge >= 0.3 is 0 Å². The third-order valence-electron chi connectivity index (χ3n) is 2.25. The normalized spacial score (nSPS) is 11.3. The van der Waals surface area contributed by atoms with Crippen molar-refractivity contribution in [1.82, 2.24) is 9.97 Å². The highest BCUT2D eigenvalue weighted by molar-refractivity contribution is 6.50. The Morgan fingerprint density at radius 2 is 1.94 bits per heavy atom. The lowest BCUT2D eigenvalue weighted by Gasteiger charge is -2.02. The fourth-order valence-electron chi connectivity index (χ4n) is 1.38. The van der Waals surface area contributed by atoms with E-state index >= 15 is 0 Å². The zero-order valence-corrected chi connectivity index (χ0v) is 9.12. The number of oxime groups is 1. The van der Waals surface area contributed by atoms with Crippen molar-refractivity contribution in [1.29, 1.82) is 0 Å². The van der Waals surface area contributed by atoms with Gasteiger partial charge in [-0.25, -0.2) is 14.4 Å². The van der Waals surface area contributed by atoms with E-state index in [9.17, 15) is 9.18 Å². The third kappa shape index (κ3) is 2.37. The summed E-state index contributed by atoms with van der Waals surface area (Å²) in [6.45, 7) is 0. The molecule has 0 atom stereocenters. The smallest absolute Gasteiger partial charge is 0.216 e. The van der Waals surface area contributed by atoms with Crippen LogP contribution < -0.4 is 0 Å². The van der Waals surface area contributed by atoms with Gasteiger partial charge in [0.05, 0.1) is 5.69 Å². The van der Waals surface area contributed by atoms with Gasteiger partial charge < -0.3 is 5.21 Å². The molecule has 0 bridgehead atoms. The number of carbonyl (C=O) groups is 1. The minimum absolute atomic E-state index is 0.196. The maximum atomic E-state index is 12.7. The number of halogens is 1. The van der Waals surface area contributed by atoms with Gasteiger partial charge in [-0.1, -0.05) is 5.16 Å². The molecule has 1 aromatic heterocycles. The molecule has 0 aliphatic rings. The molecule has 0 aliphatic carbocycles. The van der Waals surface area contributed by atoms with Crippen molar-refractivity contribution >= 4 is 11.5 Å². The van der Waals surface area contributed by atoms with Gasteiger partial charge in [0.15, 0.2) is 5.71 Å². The van der Waals surface area contributed by atoms with Crippen molar-refractivity contribution in [2.75, 3.05) is 0 Å². The van der Waals surface area contributed by atoms with E-state index in [-0.39, 0.29) is 17.0 Å². The first-order valence-electron chi connectivity index (χ1n) is 5.01. The van der Waals surface area contributed by atoms with Crippen LogP contribution in [-0.2, 0) is 0 Å². The molecule has 1 aromatic carbocycles. The fraction of sp³-hybridized carbons (Fsp3) is 0. The highest BCUT2D eigenvalue weighted by Crippen LogP contribution is 2.08. The Balaban J connectivity index is 2.35. The van der Waals surface area contributed by atoms with Gasteiger partial charge in [-0.15, -0.1) is 0 Å². The minimum Gasteiger partial charge on any atom is -0.410 e. The first-order chi connectivity index (χ1) is 8.72. The number of nitrogens with zero attached hydrogens (tertiary/aromatic N) is 3. The molecule has 90 valence electrons. The highest BCUT2D eigenvalue weighted by Gasteiger charge is 2.18. The number of hydrogen-bond acceptors (Lipinski definition) is 5. The molecule has 0 aliphatic heterocycles. The van der Waals surface area contributed by atoms with Gasteiger partial charge in [0, 0.05) is 11.8 Å². The molecule has 0 spiro atoms. The number of rotatable bonds is 3. The lowest BCUT2D eigenvalue weighted by molar-refractivity contribution is 0.106. The second-order valence-corrected chi connectivity index (χ2v) is 3.38. The van der Waals surface area contributed by atoms with E-state index in [1.165, 1.54) is 30.7 Å². The monoisotopic (exact) mass is 245 g/mol. The summed E-state index contributed by atoms with van der Waals surface area (Å²) in [5.41, 5.74) is 0.189. The second kappa shape index (κ2) is 5.13. The predicted octanol–water partition coefficient (Wildman–Crippen LogP) is 1.68. The van der Waals surface area contributed by atoms with Gasteiger partial charge in [0.1, 0.15) is 12.1 Å². The van der Waals surface area contributed by atoms with Crippen molar-refractivity contribution in [2.45, 2.75) is 0 Å². The molecular weight excluding hydrogens is 237 g/mol. The SMILES string of the molecule is O=C(/C(=N/O)c1ccncn1)c1ccc(F)cc1. The number of aromatic nitrogens is 2. The lowest BCUT2D eigenvalue weighted by Crippen LogP contribution is -2.17. The average molecular weight is 245 g/mol. The van der Waals surface area contributed by atoms with Gasteiger partial charge in [0.25, 0.3) is 0 Å². The molecule has 2 aromatic rings. The standard InChI is InChI=1S/C12H8FN3O2/c13-9-3-1-8(2-4-9)12(17)11(16-18)10-5-6-14-7-15-10/h1-7,18H/b16-11+. The number of ketones is 1. The summed E-state index contributed by atoms with van der Waals surface area (Å²) in [5, 5.41) is 11.8. The summed E-state index contributed by atoms with van der Waals surface area (Å²) in [7, 11) is 0. The molecule has 0 fully saturated rings. The molecule has 6 heteroatoms. The molecule has 0 saturated heterocycles. The summed E-state index contributed by atoms with van der Waals surface area (Å²) in [4.78, 5) is 19.5. The van der Waals surface area contributed by atoms with Crippen molar-refractivity contribution in [2.24, 2.45) is 5.16 Å². The lowest BCUT2D eigenvalue weighted by atomic mass is 10.0. The number of Topliss-reactive ketones (excluding diaryl/α,β-unsaturated/α-hetero) is 1. The molecule has 0 unspecified atom stereocenters. The zero-order chi connectivity index (χ0) is 13.0. The largest absolute Gasteiger partial charge is 0.410 e. The Bertz CT molecular complexity index is 582. The Labute approximate surface area is 102 Å². The van der Waals surface area contributed by atoms with Gasteiger partial charge in [-0.2, -0.15) is 0 Å². The Morgan fingerprint density at radius 1 is 1.22 bits per heavy atom. The van der Waals surface area contributed by atoms with Crippen LogP contribution in [0.4, 0.5) is 4.39 Å². The quantitative estimate of drug-likeness (QED) is 0.386. The highest BCUT2D eigenvalue weighted by atomic mass is 19.1. The first kappa shape index (κ1) is 11.8. The molecule has 18 heavy (non-hydrogen) atoms. The van der Waals surface area contributed by atoms with E-state index in [1.54, 1.807) is 0 Å². The summed E-state index contributed by atoms with van der Waals surface area (Å²) in [6.07, 6.45) is 2.66. The van der Waals surface area contributed by atoms with Gasteiger partial charge in [-0.3, -0.25) is 4.79 Å². The number of carbonyl (C=O) groups excluding carboxylic acids is 1. The van der Waals surface area contributed by atoms with Gasteiger partial charge in [0.2, 0.25) is 5.78 Å². The van der Waals surface area contributed by atoms with E-state index in [0.717, 1.165) is 12.1 Å². The van der Waals surface area contributed by atoms with Crippen LogP contribution in [-0.4, -0.2) is 26.7 Å². The number of hydrogen-bond donors (Lipinski definition) is 1. The van der Waals surface area contributed by atoms with Gasteiger partial charge in [-0.05, 0) is 30.3 Å². The van der Waals surface area contributed by atoms with E-state index in [2.05, 4.69) is 15.1 Å². The maximum Gasteiger partial charge on any atom is 0.216 e. The summed E-state index contributed by atoms with van der Waals surface area (Å²) < 4.78 is 12.7. The number of benzene rings is 1. The molecular formula is C12H8FN3O2. The molecule has 0 radical (unpaired) electrons. The third-order valence-corrected chi connectivity index (χ3v) is 2.25. The molecule has 0 amide bonds. The second-order valence-electron chi connectivity index (χ2n) is 3.38.